The summed E-state index contributed by atoms with van der Waals surface area (Å²) in [5, 5.41) is 0. The van der Waals surface area contributed by atoms with Gasteiger partial charge in [0.25, 0.3) is 5.91 Å². The normalized spacial score (nSPS) is 26.4. The molecule has 6 heteroatoms. The van der Waals surface area contributed by atoms with Crippen LogP contribution in [-0.2, 0) is 16.0 Å². The highest BCUT2D eigenvalue weighted by Crippen LogP contribution is 2.31. The Bertz CT molecular complexity index is 653. The van der Waals surface area contributed by atoms with Crippen molar-refractivity contribution in [2.45, 2.75) is 37.8 Å². The number of urea groups is 1. The molecule has 3 aliphatic rings. The number of hydrogen-bond acceptors (Lipinski definition) is 3. The first-order valence-electron chi connectivity index (χ1n) is 8.60. The minimum Gasteiger partial charge on any atom is -0.340 e. The van der Waals surface area contributed by atoms with E-state index >= 15 is 0 Å². The van der Waals surface area contributed by atoms with Gasteiger partial charge in [0, 0.05) is 19.6 Å². The summed E-state index contributed by atoms with van der Waals surface area (Å²) < 4.78 is 0. The van der Waals surface area contributed by atoms with Crippen molar-refractivity contribution in [3.63, 3.8) is 0 Å². The van der Waals surface area contributed by atoms with E-state index in [9.17, 15) is 14.4 Å². The van der Waals surface area contributed by atoms with Crippen LogP contribution in [0.15, 0.2) is 30.3 Å². The number of likely N-dealkylation sites (tertiary alicyclic amines) is 1. The summed E-state index contributed by atoms with van der Waals surface area (Å²) in [6.07, 6.45) is 2.72. The predicted molar refractivity (Wildman–Crippen MR) is 87.1 cm³/mol. The number of fused-ring (bicyclic) bond motifs is 1. The molecule has 2 atom stereocenters. The molecule has 1 aromatic carbocycles. The van der Waals surface area contributed by atoms with Crippen molar-refractivity contribution in [2.24, 2.45) is 0 Å². The molecule has 3 heterocycles. The maximum absolute atomic E-state index is 12.5. The Morgan fingerprint density at radius 3 is 2.62 bits per heavy atom. The molecule has 0 bridgehead atoms. The second-order valence-electron chi connectivity index (χ2n) is 6.79. The first-order valence-corrected chi connectivity index (χ1v) is 8.60. The lowest BCUT2D eigenvalue weighted by Gasteiger charge is -2.23. The molecule has 0 saturated carbocycles. The van der Waals surface area contributed by atoms with Gasteiger partial charge in [0.1, 0.15) is 6.04 Å². The number of rotatable bonds is 3. The number of imide groups is 1. The zero-order valence-electron chi connectivity index (χ0n) is 13.6. The van der Waals surface area contributed by atoms with E-state index in [1.807, 2.05) is 30.3 Å². The van der Waals surface area contributed by atoms with Crippen molar-refractivity contribution in [3.8, 4) is 0 Å². The Morgan fingerprint density at radius 2 is 1.88 bits per heavy atom. The monoisotopic (exact) mass is 327 g/mol. The molecule has 4 amide bonds. The SMILES string of the molecule is O=C(Cc1ccccc1)N1CC[C@@H](N2C(=O)[C@H]3CCCN3C2=O)C1. The van der Waals surface area contributed by atoms with E-state index in [2.05, 4.69) is 0 Å². The first kappa shape index (κ1) is 15.2. The Labute approximate surface area is 141 Å². The van der Waals surface area contributed by atoms with Gasteiger partial charge in [-0.25, -0.2) is 4.79 Å². The quantitative estimate of drug-likeness (QED) is 0.785. The van der Waals surface area contributed by atoms with E-state index in [4.69, 9.17) is 0 Å². The van der Waals surface area contributed by atoms with Crippen LogP contribution < -0.4 is 0 Å². The lowest BCUT2D eigenvalue weighted by molar-refractivity contribution is -0.132. The molecule has 0 aliphatic carbocycles. The van der Waals surface area contributed by atoms with Crippen molar-refractivity contribution in [3.05, 3.63) is 35.9 Å². The summed E-state index contributed by atoms with van der Waals surface area (Å²) in [6, 6.07) is 9.05. The molecular formula is C18H21N3O3. The zero-order chi connectivity index (χ0) is 16.7. The fourth-order valence-corrected chi connectivity index (χ4v) is 4.04. The molecule has 3 saturated heterocycles. The first-order chi connectivity index (χ1) is 11.6. The van der Waals surface area contributed by atoms with E-state index < -0.39 is 0 Å². The number of hydrogen-bond donors (Lipinski definition) is 0. The molecule has 0 spiro atoms. The zero-order valence-corrected chi connectivity index (χ0v) is 13.6. The van der Waals surface area contributed by atoms with Gasteiger partial charge in [-0.05, 0) is 24.8 Å². The molecule has 24 heavy (non-hydrogen) atoms. The molecule has 6 nitrogen and oxygen atoms in total. The van der Waals surface area contributed by atoms with Crippen molar-refractivity contribution in [1.29, 1.82) is 0 Å². The number of carbonyl (C=O) groups is 3. The topological polar surface area (TPSA) is 60.9 Å². The van der Waals surface area contributed by atoms with Gasteiger partial charge in [-0.2, -0.15) is 0 Å². The number of benzene rings is 1. The van der Waals surface area contributed by atoms with Gasteiger partial charge in [0.15, 0.2) is 0 Å². The van der Waals surface area contributed by atoms with Crippen LogP contribution in [0.5, 0.6) is 0 Å². The lowest BCUT2D eigenvalue weighted by Crippen LogP contribution is -2.44. The Morgan fingerprint density at radius 1 is 1.08 bits per heavy atom. The average molecular weight is 327 g/mol. The average Bonchev–Trinajstić information content (AvgIpc) is 3.28. The van der Waals surface area contributed by atoms with Crippen LogP contribution in [0.4, 0.5) is 4.79 Å². The second-order valence-corrected chi connectivity index (χ2v) is 6.79. The summed E-state index contributed by atoms with van der Waals surface area (Å²) in [5.74, 6) is -0.0110. The van der Waals surface area contributed by atoms with Crippen molar-refractivity contribution in [1.82, 2.24) is 14.7 Å². The van der Waals surface area contributed by atoms with E-state index in [1.165, 1.54) is 4.90 Å². The maximum Gasteiger partial charge on any atom is 0.327 e. The van der Waals surface area contributed by atoms with Gasteiger partial charge >= 0.3 is 6.03 Å². The van der Waals surface area contributed by atoms with Crippen molar-refractivity contribution in [2.75, 3.05) is 19.6 Å². The largest absolute Gasteiger partial charge is 0.340 e. The molecule has 1 aromatic rings. The van der Waals surface area contributed by atoms with E-state index in [-0.39, 0.29) is 29.9 Å². The van der Waals surface area contributed by atoms with Gasteiger partial charge in [-0.15, -0.1) is 0 Å². The smallest absolute Gasteiger partial charge is 0.327 e. The highest BCUT2D eigenvalue weighted by molar-refractivity contribution is 6.05. The molecular weight excluding hydrogens is 306 g/mol. The van der Waals surface area contributed by atoms with Crippen LogP contribution in [0.2, 0.25) is 0 Å². The number of amides is 4. The predicted octanol–water partition coefficient (Wildman–Crippen LogP) is 1.26. The molecule has 0 unspecified atom stereocenters. The Kier molecular flexibility index (Phi) is 3.75. The fraction of sp³-hybridized carbons (Fsp3) is 0.500. The minimum atomic E-state index is -0.258. The molecule has 4 rings (SSSR count). The number of nitrogens with zero attached hydrogens (tertiary/aromatic N) is 3. The second kappa shape index (κ2) is 5.92. The van der Waals surface area contributed by atoms with Crippen LogP contribution in [0.3, 0.4) is 0 Å². The molecule has 126 valence electrons. The third-order valence-electron chi connectivity index (χ3n) is 5.31. The summed E-state index contributed by atoms with van der Waals surface area (Å²) in [4.78, 5) is 42.3. The van der Waals surface area contributed by atoms with Crippen LogP contribution in [0.1, 0.15) is 24.8 Å². The summed E-state index contributed by atoms with van der Waals surface area (Å²) in [7, 11) is 0. The van der Waals surface area contributed by atoms with Gasteiger partial charge in [-0.3, -0.25) is 14.5 Å². The third kappa shape index (κ3) is 2.46. The van der Waals surface area contributed by atoms with E-state index in [0.717, 1.165) is 18.4 Å². The molecule has 3 aliphatic heterocycles. The standard InChI is InChI=1S/C18H21N3O3/c22-16(11-13-5-2-1-3-6-13)19-10-8-14(12-19)21-17(23)15-7-4-9-20(15)18(21)24/h1-3,5-6,14-15H,4,7-12H2/t14-,15-/m1/s1. The fourth-order valence-electron chi connectivity index (χ4n) is 4.04. The lowest BCUT2D eigenvalue weighted by atomic mass is 10.1. The Balaban J connectivity index is 1.41. The third-order valence-corrected chi connectivity index (χ3v) is 5.31. The highest BCUT2D eigenvalue weighted by Gasteiger charge is 2.51. The summed E-state index contributed by atoms with van der Waals surface area (Å²) in [5.41, 5.74) is 0.986. The van der Waals surface area contributed by atoms with Crippen LogP contribution in [0.25, 0.3) is 0 Å². The van der Waals surface area contributed by atoms with Crippen LogP contribution in [-0.4, -0.2) is 64.3 Å². The molecule has 0 aromatic heterocycles. The maximum atomic E-state index is 12.5. The van der Waals surface area contributed by atoms with Crippen molar-refractivity contribution < 1.29 is 14.4 Å². The van der Waals surface area contributed by atoms with Gasteiger partial charge < -0.3 is 9.80 Å². The van der Waals surface area contributed by atoms with Crippen LogP contribution >= 0.6 is 0 Å². The summed E-state index contributed by atoms with van der Waals surface area (Å²) >= 11 is 0. The van der Waals surface area contributed by atoms with Gasteiger partial charge in [0.2, 0.25) is 5.91 Å². The van der Waals surface area contributed by atoms with E-state index in [1.54, 1.807) is 9.80 Å². The highest BCUT2D eigenvalue weighted by atomic mass is 16.2. The van der Waals surface area contributed by atoms with Gasteiger partial charge in [0.05, 0.1) is 12.5 Å². The molecule has 3 fully saturated rings. The molecule has 0 radical (unpaired) electrons. The minimum absolute atomic E-state index is 0.0586. The van der Waals surface area contributed by atoms with Crippen molar-refractivity contribution >= 4 is 17.8 Å². The van der Waals surface area contributed by atoms with Gasteiger partial charge in [-0.1, -0.05) is 30.3 Å². The number of carbonyl (C=O) groups excluding carboxylic acids is 3. The van der Waals surface area contributed by atoms with Crippen LogP contribution in [0, 0.1) is 0 Å². The van der Waals surface area contributed by atoms with E-state index in [0.29, 0.717) is 32.5 Å². The Hall–Kier alpha value is -2.37. The molecule has 0 N–H and O–H groups in total. The summed E-state index contributed by atoms with van der Waals surface area (Å²) in [6.45, 7) is 1.75.